The summed E-state index contributed by atoms with van der Waals surface area (Å²) in [5.74, 6) is -0.102. The van der Waals surface area contributed by atoms with Crippen LogP contribution < -0.4 is 11.1 Å². The van der Waals surface area contributed by atoms with Crippen LogP contribution >= 0.6 is 12.4 Å². The van der Waals surface area contributed by atoms with Gasteiger partial charge in [-0.05, 0) is 18.4 Å². The van der Waals surface area contributed by atoms with Gasteiger partial charge in [0, 0.05) is 13.2 Å². The maximum Gasteiger partial charge on any atom is 0.233 e. The number of hydrogen-bond donors (Lipinski definition) is 2. The second kappa shape index (κ2) is 11.0. The minimum atomic E-state index is -0.102. The van der Waals surface area contributed by atoms with E-state index in [1.165, 1.54) is 5.56 Å². The van der Waals surface area contributed by atoms with Gasteiger partial charge in [-0.25, -0.2) is 0 Å². The number of unbranched alkanes of at least 4 members (excludes halogenated alkanes) is 1. The van der Waals surface area contributed by atoms with Crippen LogP contribution in [0.2, 0.25) is 0 Å². The molecule has 0 aromatic heterocycles. The number of rotatable bonds is 8. The van der Waals surface area contributed by atoms with Gasteiger partial charge in [-0.1, -0.05) is 30.3 Å². The summed E-state index contributed by atoms with van der Waals surface area (Å²) in [6.07, 6.45) is 1.86. The molecule has 0 aliphatic heterocycles. The number of ether oxygens (including phenoxy) is 1. The molecule has 1 aromatic rings. The van der Waals surface area contributed by atoms with Gasteiger partial charge in [0.15, 0.2) is 0 Å². The average molecular weight is 273 g/mol. The quantitative estimate of drug-likeness (QED) is 0.705. The van der Waals surface area contributed by atoms with E-state index in [1.807, 2.05) is 30.3 Å². The first-order valence-corrected chi connectivity index (χ1v) is 5.91. The highest BCUT2D eigenvalue weighted by atomic mass is 35.5. The van der Waals surface area contributed by atoms with E-state index in [1.54, 1.807) is 0 Å². The molecule has 0 saturated carbocycles. The molecule has 0 atom stereocenters. The third kappa shape index (κ3) is 8.06. The van der Waals surface area contributed by atoms with Gasteiger partial charge in [0.2, 0.25) is 5.91 Å². The van der Waals surface area contributed by atoms with Crippen molar-refractivity contribution < 1.29 is 9.53 Å². The van der Waals surface area contributed by atoms with Crippen molar-refractivity contribution in [1.82, 2.24) is 5.32 Å². The van der Waals surface area contributed by atoms with E-state index >= 15 is 0 Å². The van der Waals surface area contributed by atoms with Crippen LogP contribution in [0.1, 0.15) is 18.4 Å². The Kier molecular flexibility index (Phi) is 10.3. The Morgan fingerprint density at radius 2 is 1.94 bits per heavy atom. The molecule has 0 bridgehead atoms. The Morgan fingerprint density at radius 3 is 2.61 bits per heavy atom. The Labute approximate surface area is 114 Å². The molecule has 0 aliphatic carbocycles. The second-order valence-electron chi connectivity index (χ2n) is 3.80. The predicted octanol–water partition coefficient (Wildman–Crippen LogP) is 1.48. The number of amides is 1. The lowest BCUT2D eigenvalue weighted by atomic mass is 10.2. The molecule has 4 nitrogen and oxygen atoms in total. The molecular weight excluding hydrogens is 252 g/mol. The van der Waals surface area contributed by atoms with Gasteiger partial charge in [-0.2, -0.15) is 0 Å². The van der Waals surface area contributed by atoms with E-state index in [4.69, 9.17) is 10.5 Å². The summed E-state index contributed by atoms with van der Waals surface area (Å²) in [4.78, 5) is 10.8. The molecule has 3 N–H and O–H groups in total. The molecule has 0 fully saturated rings. The first kappa shape index (κ1) is 16.9. The van der Waals surface area contributed by atoms with Gasteiger partial charge in [0.1, 0.15) is 0 Å². The van der Waals surface area contributed by atoms with Crippen molar-refractivity contribution in [3.8, 4) is 0 Å². The topological polar surface area (TPSA) is 64.4 Å². The normalized spacial score (nSPS) is 9.61. The van der Waals surface area contributed by atoms with Crippen LogP contribution in [0.15, 0.2) is 30.3 Å². The third-order valence-electron chi connectivity index (χ3n) is 2.33. The summed E-state index contributed by atoms with van der Waals surface area (Å²) in [6.45, 7) is 2.10. The Balaban J connectivity index is 0.00000289. The van der Waals surface area contributed by atoms with Crippen molar-refractivity contribution in [2.75, 3.05) is 19.7 Å². The second-order valence-corrected chi connectivity index (χ2v) is 3.80. The smallest absolute Gasteiger partial charge is 0.233 e. The van der Waals surface area contributed by atoms with Crippen LogP contribution in [0.3, 0.4) is 0 Å². The van der Waals surface area contributed by atoms with Crippen LogP contribution in [0.25, 0.3) is 0 Å². The molecule has 0 saturated heterocycles. The van der Waals surface area contributed by atoms with E-state index in [9.17, 15) is 4.79 Å². The molecule has 102 valence electrons. The molecule has 18 heavy (non-hydrogen) atoms. The molecule has 0 radical (unpaired) electrons. The fraction of sp³-hybridized carbons (Fsp3) is 0.462. The molecule has 1 aromatic carbocycles. The fourth-order valence-electron chi connectivity index (χ4n) is 1.39. The minimum Gasteiger partial charge on any atom is -0.377 e. The van der Waals surface area contributed by atoms with E-state index < -0.39 is 0 Å². The van der Waals surface area contributed by atoms with Crippen molar-refractivity contribution >= 4 is 18.3 Å². The van der Waals surface area contributed by atoms with E-state index in [-0.39, 0.29) is 24.9 Å². The third-order valence-corrected chi connectivity index (χ3v) is 2.33. The fourth-order valence-corrected chi connectivity index (χ4v) is 1.39. The number of nitrogens with two attached hydrogens (primary N) is 1. The molecule has 0 spiro atoms. The zero-order valence-corrected chi connectivity index (χ0v) is 11.2. The van der Waals surface area contributed by atoms with Crippen LogP contribution in [0.5, 0.6) is 0 Å². The Morgan fingerprint density at radius 1 is 1.22 bits per heavy atom. The SMILES string of the molecule is Cl.NCC(=O)NCCCCOCc1ccccc1. The predicted molar refractivity (Wildman–Crippen MR) is 74.6 cm³/mol. The molecular formula is C13H21ClN2O2. The van der Waals surface area contributed by atoms with Crippen LogP contribution in [0.4, 0.5) is 0 Å². The van der Waals surface area contributed by atoms with Crippen molar-refractivity contribution in [2.24, 2.45) is 5.73 Å². The zero-order valence-electron chi connectivity index (χ0n) is 10.4. The molecule has 5 heteroatoms. The largest absolute Gasteiger partial charge is 0.377 e. The van der Waals surface area contributed by atoms with E-state index in [0.29, 0.717) is 19.8 Å². The summed E-state index contributed by atoms with van der Waals surface area (Å²) in [5, 5.41) is 2.72. The van der Waals surface area contributed by atoms with Crippen LogP contribution in [-0.2, 0) is 16.1 Å². The molecule has 0 unspecified atom stereocenters. The maximum absolute atomic E-state index is 10.8. The molecule has 1 rings (SSSR count). The number of benzene rings is 1. The van der Waals surface area contributed by atoms with Gasteiger partial charge < -0.3 is 15.8 Å². The molecule has 0 heterocycles. The minimum absolute atomic E-state index is 0. The summed E-state index contributed by atoms with van der Waals surface area (Å²) in [6, 6.07) is 10.1. The molecule has 0 aliphatic rings. The van der Waals surface area contributed by atoms with Gasteiger partial charge >= 0.3 is 0 Å². The standard InChI is InChI=1S/C13H20N2O2.ClH/c14-10-13(16)15-8-4-5-9-17-11-12-6-2-1-3-7-12;/h1-3,6-7H,4-5,8-11,14H2,(H,15,16);1H. The Bertz CT molecular complexity index is 320. The monoisotopic (exact) mass is 272 g/mol. The lowest BCUT2D eigenvalue weighted by Gasteiger charge is -2.05. The summed E-state index contributed by atoms with van der Waals surface area (Å²) in [7, 11) is 0. The van der Waals surface area contributed by atoms with Crippen molar-refractivity contribution in [2.45, 2.75) is 19.4 Å². The zero-order chi connectivity index (χ0) is 12.3. The summed E-state index contributed by atoms with van der Waals surface area (Å²) < 4.78 is 5.52. The number of carbonyl (C=O) groups excluding carboxylic acids is 1. The highest BCUT2D eigenvalue weighted by Crippen LogP contribution is 2.01. The van der Waals surface area contributed by atoms with Gasteiger partial charge in [0.05, 0.1) is 13.2 Å². The van der Waals surface area contributed by atoms with Gasteiger partial charge in [-0.15, -0.1) is 12.4 Å². The van der Waals surface area contributed by atoms with Crippen molar-refractivity contribution in [3.63, 3.8) is 0 Å². The highest BCUT2D eigenvalue weighted by molar-refractivity contribution is 5.85. The maximum atomic E-state index is 10.8. The van der Waals surface area contributed by atoms with E-state index in [0.717, 1.165) is 12.8 Å². The molecule has 1 amide bonds. The Hall–Kier alpha value is -1.10. The number of carbonyl (C=O) groups is 1. The number of hydrogen-bond acceptors (Lipinski definition) is 3. The number of halogens is 1. The van der Waals surface area contributed by atoms with E-state index in [2.05, 4.69) is 5.32 Å². The first-order chi connectivity index (χ1) is 8.33. The highest BCUT2D eigenvalue weighted by Gasteiger charge is 1.96. The first-order valence-electron chi connectivity index (χ1n) is 5.91. The van der Waals surface area contributed by atoms with Crippen molar-refractivity contribution in [1.29, 1.82) is 0 Å². The lowest BCUT2D eigenvalue weighted by molar-refractivity contribution is -0.119. The van der Waals surface area contributed by atoms with Crippen LogP contribution in [0, 0.1) is 0 Å². The average Bonchev–Trinajstić information content (AvgIpc) is 2.38. The number of nitrogens with one attached hydrogen (secondary N) is 1. The lowest BCUT2D eigenvalue weighted by Crippen LogP contribution is -2.31. The summed E-state index contributed by atoms with van der Waals surface area (Å²) >= 11 is 0. The van der Waals surface area contributed by atoms with Crippen molar-refractivity contribution in [3.05, 3.63) is 35.9 Å². The van der Waals surface area contributed by atoms with Gasteiger partial charge in [0.25, 0.3) is 0 Å². The van der Waals surface area contributed by atoms with Crippen LogP contribution in [-0.4, -0.2) is 25.6 Å². The summed E-state index contributed by atoms with van der Waals surface area (Å²) in [5.41, 5.74) is 6.35. The van der Waals surface area contributed by atoms with Gasteiger partial charge in [-0.3, -0.25) is 4.79 Å².